The van der Waals surface area contributed by atoms with Crippen molar-refractivity contribution < 1.29 is 79.2 Å². The Morgan fingerprint density at radius 1 is 0.966 bits per heavy atom. The molecular formula is C17H33AcNO8S2. The Hall–Kier alpha value is 0.882. The average Bonchev–Trinajstić information content (AvgIpc) is 2.68. The molecule has 0 bridgehead atoms. The predicted octanol–water partition coefficient (Wildman–Crippen LogP) is 1.10. The summed E-state index contributed by atoms with van der Waals surface area (Å²) >= 11 is -1.84. The number of hydrogen-bond acceptors (Lipinski definition) is 9. The molecule has 6 N–H and O–H groups in total. The fourth-order valence-electron chi connectivity index (χ4n) is 1.91. The molecule has 0 aliphatic heterocycles. The van der Waals surface area contributed by atoms with Crippen molar-refractivity contribution >= 4 is 33.5 Å². The summed E-state index contributed by atoms with van der Waals surface area (Å²) < 4.78 is 10.9. The molecule has 12 heteroatoms. The minimum absolute atomic E-state index is 0.205. The van der Waals surface area contributed by atoms with Crippen molar-refractivity contribution in [1.82, 2.24) is 0 Å². The van der Waals surface area contributed by atoms with Gasteiger partial charge in [0.2, 0.25) is 0 Å². The van der Waals surface area contributed by atoms with E-state index in [9.17, 15) is 24.9 Å². The minimum atomic E-state index is -1.84. The summed E-state index contributed by atoms with van der Waals surface area (Å²) in [5.74, 6) is -1.28. The van der Waals surface area contributed by atoms with E-state index in [2.05, 4.69) is 0 Å². The van der Waals surface area contributed by atoms with Crippen LogP contribution in [0.1, 0.15) is 26.2 Å². The van der Waals surface area contributed by atoms with Gasteiger partial charge in [-0.25, -0.2) is 0 Å². The number of unbranched alkanes of at least 4 members (excludes halogenated alkanes) is 1. The molecule has 4 unspecified atom stereocenters. The van der Waals surface area contributed by atoms with Crippen molar-refractivity contribution in [2.75, 3.05) is 37.9 Å². The first-order valence-electron chi connectivity index (χ1n) is 9.58. The van der Waals surface area contributed by atoms with Crippen LogP contribution in [0.15, 0.2) is 0 Å². The Kier molecular flexibility index (Phi) is 20.2. The summed E-state index contributed by atoms with van der Waals surface area (Å²) in [6.45, 7) is 3.51. The van der Waals surface area contributed by atoms with Crippen LogP contribution in [0.5, 0.6) is 0 Å². The number of carbonyl (C=O) groups is 2. The first-order chi connectivity index (χ1) is 13.8. The number of aliphatic hydroxyl groups excluding tert-OH is 2. The molecule has 0 heterocycles. The van der Waals surface area contributed by atoms with E-state index in [1.54, 1.807) is 0 Å². The molecule has 0 rings (SSSR count). The second-order valence-corrected chi connectivity index (χ2v) is 16.2. The second kappa shape index (κ2) is 19.6. The molecule has 0 spiro atoms. The summed E-state index contributed by atoms with van der Waals surface area (Å²) in [5.41, 5.74) is 5.40. The van der Waals surface area contributed by atoms with Crippen molar-refractivity contribution in [3.8, 4) is 0 Å². The number of carboxylic acids is 2. The van der Waals surface area contributed by atoms with Gasteiger partial charge in [0.25, 0.3) is 0 Å². The standard InChI is InChI=1S/C11H23O4.C6H10NO4S2.Ac/c1-3-11(13)9-15-7-5-4-6-14-8-10(2)12;7-4(6(10)11)3-13-12-2-1-5(8)9;/h10-13H,2-9H2,1H3;1,4H,2-3,7H2,(H,8,9)(H,10,11);. The van der Waals surface area contributed by atoms with Gasteiger partial charge in [0, 0.05) is 0 Å². The van der Waals surface area contributed by atoms with E-state index < -0.39 is 71.0 Å². The van der Waals surface area contributed by atoms with Gasteiger partial charge in [0.05, 0.1) is 0 Å². The molecule has 0 amide bonds. The molecule has 9 nitrogen and oxygen atoms in total. The number of aliphatic carboxylic acids is 2. The van der Waals surface area contributed by atoms with Gasteiger partial charge in [-0.05, 0) is 0 Å². The van der Waals surface area contributed by atoms with E-state index in [-0.39, 0.29) is 12.4 Å². The zero-order chi connectivity index (χ0) is 22.1. The maximum atomic E-state index is 11.4. The Bertz CT molecular complexity index is 450. The number of hydrogen-bond donors (Lipinski definition) is 5. The van der Waals surface area contributed by atoms with Gasteiger partial charge in [-0.15, -0.1) is 0 Å². The molecule has 29 heavy (non-hydrogen) atoms. The van der Waals surface area contributed by atoms with Gasteiger partial charge in [0.15, 0.2) is 0 Å². The Balaban J connectivity index is 3.75. The Morgan fingerprint density at radius 3 is 2.03 bits per heavy atom. The average molecular weight is 671 g/mol. The fraction of sp³-hybridized carbons (Fsp3) is 0.882. The zero-order valence-corrected chi connectivity index (χ0v) is 23.2. The third-order valence-electron chi connectivity index (χ3n) is 3.82. The number of carboxylic acid groups (broad SMARTS) is 2. The molecule has 0 aromatic rings. The van der Waals surface area contributed by atoms with E-state index in [0.717, 1.165) is 12.8 Å². The maximum absolute atomic E-state index is 11.4. The van der Waals surface area contributed by atoms with Crippen molar-refractivity contribution in [3.05, 3.63) is 0 Å². The molecule has 0 radical (unpaired) electrons. The van der Waals surface area contributed by atoms with Crippen molar-refractivity contribution in [2.24, 2.45) is 5.73 Å². The predicted molar refractivity (Wildman–Crippen MR) is 110 cm³/mol. The third kappa shape index (κ3) is 18.2. The Morgan fingerprint density at radius 2 is 1.52 bits per heavy atom. The van der Waals surface area contributed by atoms with Crippen molar-refractivity contribution in [1.29, 1.82) is 0 Å². The van der Waals surface area contributed by atoms with Crippen LogP contribution in [-0.2, 0) is 19.1 Å². The SMILES string of the molecule is CCC(O)COCCCCOCC(O)[CH2][Ac][CH](CSSCC(N)C(=O)O)C(=O)O. The normalized spacial score (nSPS) is 15.3. The monoisotopic (exact) mass is 670 g/mol. The van der Waals surface area contributed by atoms with Crippen LogP contribution in [0.25, 0.3) is 0 Å². The van der Waals surface area contributed by atoms with Crippen LogP contribution in [0.4, 0.5) is 0 Å². The fourth-order valence-corrected chi connectivity index (χ4v) is 12.9. The van der Waals surface area contributed by atoms with Crippen LogP contribution < -0.4 is 5.73 Å². The first-order valence-corrected chi connectivity index (χ1v) is 18.2. The van der Waals surface area contributed by atoms with E-state index in [0.29, 0.717) is 33.6 Å². The zero-order valence-electron chi connectivity index (χ0n) is 16.8. The van der Waals surface area contributed by atoms with Crippen LogP contribution in [0.3, 0.4) is 0 Å². The molecule has 169 valence electrons. The number of ether oxygens (including phenoxy) is 2. The third-order valence-corrected chi connectivity index (χ3v) is 15.5. The second-order valence-electron chi connectivity index (χ2n) is 6.50. The Labute approximate surface area is 201 Å². The van der Waals surface area contributed by atoms with Gasteiger partial charge in [-0.1, -0.05) is 6.92 Å². The van der Waals surface area contributed by atoms with Crippen LogP contribution in [0.2, 0.25) is 2.70 Å². The number of aliphatic hydroxyl groups is 2. The van der Waals surface area contributed by atoms with Gasteiger partial charge >= 0.3 is 197 Å². The quantitative estimate of drug-likeness (QED) is 0.0933. The molecular weight excluding hydrogens is 637 g/mol. The topological polar surface area (TPSA) is 160 Å². The molecule has 0 saturated heterocycles. The van der Waals surface area contributed by atoms with E-state index in [1.807, 2.05) is 6.92 Å². The number of nitrogens with two attached hydrogens (primary N) is 1. The van der Waals surface area contributed by atoms with Crippen molar-refractivity contribution in [2.45, 2.75) is 47.1 Å². The van der Waals surface area contributed by atoms with Gasteiger partial charge in [0.1, 0.15) is 0 Å². The molecule has 0 fully saturated rings. The molecule has 0 aromatic heterocycles. The summed E-state index contributed by atoms with van der Waals surface area (Å²) in [7, 11) is 2.60. The van der Waals surface area contributed by atoms with Gasteiger partial charge in [-0.2, -0.15) is 0 Å². The van der Waals surface area contributed by atoms with Crippen LogP contribution >= 0.6 is 21.6 Å². The molecule has 0 aliphatic rings. The molecule has 0 aliphatic carbocycles. The summed E-state index contributed by atoms with van der Waals surface area (Å²) in [6, 6.07) is -0.950. The first kappa shape index (κ1) is 29.9. The number of rotatable bonds is 20. The summed E-state index contributed by atoms with van der Waals surface area (Å²) in [6.07, 6.45) is 1.23. The molecule has 0 aromatic carbocycles. The van der Waals surface area contributed by atoms with Crippen LogP contribution in [-0.4, -0.2) is 88.5 Å². The molecule has 4 atom stereocenters. The van der Waals surface area contributed by atoms with E-state index >= 15 is 0 Å². The van der Waals surface area contributed by atoms with Crippen molar-refractivity contribution in [3.63, 3.8) is 0 Å². The van der Waals surface area contributed by atoms with E-state index in [4.69, 9.17) is 20.3 Å². The van der Waals surface area contributed by atoms with Gasteiger partial charge in [-0.3, -0.25) is 0 Å². The van der Waals surface area contributed by atoms with E-state index in [1.165, 1.54) is 21.6 Å². The molecule has 0 saturated carbocycles. The summed E-state index contributed by atoms with van der Waals surface area (Å²) in [4.78, 5) is 22.0. The van der Waals surface area contributed by atoms with Gasteiger partial charge < -0.3 is 0 Å². The van der Waals surface area contributed by atoms with Crippen LogP contribution in [0, 0.1) is 39.7 Å². The summed E-state index contributed by atoms with van der Waals surface area (Å²) in [5, 5.41) is 37.4.